The van der Waals surface area contributed by atoms with E-state index in [1.54, 1.807) is 6.07 Å². The molecule has 1 N–H and O–H groups in total. The summed E-state index contributed by atoms with van der Waals surface area (Å²) in [5.74, 6) is 1.92. The van der Waals surface area contributed by atoms with E-state index in [9.17, 15) is 13.2 Å². The lowest BCUT2D eigenvalue weighted by molar-refractivity contribution is -0.138. The maximum absolute atomic E-state index is 12.9. The van der Waals surface area contributed by atoms with Crippen LogP contribution in [0.4, 0.5) is 13.2 Å². The number of hydrogen-bond donors (Lipinski definition) is 1. The first kappa shape index (κ1) is 15.4. The van der Waals surface area contributed by atoms with E-state index in [2.05, 4.69) is 11.2 Å². The van der Waals surface area contributed by atoms with Crippen molar-refractivity contribution in [2.24, 2.45) is 0 Å². The Hall–Kier alpha value is -1.67. The molecule has 0 saturated carbocycles. The maximum Gasteiger partial charge on any atom is 0.419 e. The van der Waals surface area contributed by atoms with Crippen LogP contribution in [0.5, 0.6) is 5.75 Å². The van der Waals surface area contributed by atoms with Crippen molar-refractivity contribution in [3.8, 4) is 18.1 Å². The Bertz CT molecular complexity index is 449. The zero-order chi connectivity index (χ0) is 14.3. The number of nitrogens with one attached hydrogen (secondary N) is 1. The van der Waals surface area contributed by atoms with E-state index >= 15 is 0 Å². The van der Waals surface area contributed by atoms with Gasteiger partial charge in [-0.3, -0.25) is 0 Å². The number of halogens is 3. The van der Waals surface area contributed by atoms with Crippen LogP contribution in [0.2, 0.25) is 0 Å². The van der Waals surface area contributed by atoms with Crippen LogP contribution in [0, 0.1) is 12.3 Å². The standard InChI is InChI=1S/C14H16F3NO/c1-3-7-18-10-11-5-6-13(19-8-4-2)12(9-11)14(15,16)17/h2,5-6,9,18H,3,7-8,10H2,1H3. The molecule has 0 fully saturated rings. The van der Waals surface area contributed by atoms with Crippen molar-refractivity contribution in [3.05, 3.63) is 29.3 Å². The zero-order valence-corrected chi connectivity index (χ0v) is 10.7. The second-order valence-electron chi connectivity index (χ2n) is 4.00. The van der Waals surface area contributed by atoms with E-state index in [1.165, 1.54) is 6.07 Å². The van der Waals surface area contributed by atoms with Gasteiger partial charge in [-0.25, -0.2) is 0 Å². The van der Waals surface area contributed by atoms with Gasteiger partial charge in [-0.15, -0.1) is 6.42 Å². The summed E-state index contributed by atoms with van der Waals surface area (Å²) in [7, 11) is 0. The fraction of sp³-hybridized carbons (Fsp3) is 0.429. The second-order valence-corrected chi connectivity index (χ2v) is 4.00. The van der Waals surface area contributed by atoms with Crippen LogP contribution in [-0.2, 0) is 12.7 Å². The van der Waals surface area contributed by atoms with Gasteiger partial charge in [-0.2, -0.15) is 13.2 Å². The molecule has 0 unspecified atom stereocenters. The van der Waals surface area contributed by atoms with Crippen LogP contribution in [0.3, 0.4) is 0 Å². The summed E-state index contributed by atoms with van der Waals surface area (Å²) in [6, 6.07) is 4.00. The topological polar surface area (TPSA) is 21.3 Å². The first-order chi connectivity index (χ1) is 8.99. The van der Waals surface area contributed by atoms with Crippen LogP contribution in [-0.4, -0.2) is 13.2 Å². The summed E-state index contributed by atoms with van der Waals surface area (Å²) in [5, 5.41) is 3.05. The minimum Gasteiger partial charge on any atom is -0.480 e. The Morgan fingerprint density at radius 2 is 2.11 bits per heavy atom. The quantitative estimate of drug-likeness (QED) is 0.633. The molecule has 5 heteroatoms. The van der Waals surface area contributed by atoms with Crippen LogP contribution < -0.4 is 10.1 Å². The van der Waals surface area contributed by atoms with Gasteiger partial charge in [0.1, 0.15) is 12.4 Å². The van der Waals surface area contributed by atoms with Gasteiger partial charge in [0.25, 0.3) is 0 Å². The van der Waals surface area contributed by atoms with E-state index in [1.807, 2.05) is 6.92 Å². The molecule has 0 heterocycles. The van der Waals surface area contributed by atoms with Crippen LogP contribution in [0.1, 0.15) is 24.5 Å². The highest BCUT2D eigenvalue weighted by Gasteiger charge is 2.34. The lowest BCUT2D eigenvalue weighted by Crippen LogP contribution is -2.15. The van der Waals surface area contributed by atoms with E-state index in [0.29, 0.717) is 12.1 Å². The van der Waals surface area contributed by atoms with Crippen molar-refractivity contribution in [3.63, 3.8) is 0 Å². The highest BCUT2D eigenvalue weighted by molar-refractivity contribution is 5.39. The van der Waals surface area contributed by atoms with Gasteiger partial charge in [-0.05, 0) is 30.7 Å². The molecule has 0 radical (unpaired) electrons. The summed E-state index contributed by atoms with van der Waals surface area (Å²) in [5.41, 5.74) is -0.229. The van der Waals surface area contributed by atoms with Crippen molar-refractivity contribution >= 4 is 0 Å². The molecule has 0 aliphatic carbocycles. The van der Waals surface area contributed by atoms with Crippen molar-refractivity contribution in [1.82, 2.24) is 5.32 Å². The lowest BCUT2D eigenvalue weighted by atomic mass is 10.1. The molecular weight excluding hydrogens is 255 g/mol. The number of terminal acetylenes is 1. The smallest absolute Gasteiger partial charge is 0.419 e. The Labute approximate surface area is 111 Å². The molecule has 19 heavy (non-hydrogen) atoms. The predicted molar refractivity (Wildman–Crippen MR) is 67.8 cm³/mol. The minimum atomic E-state index is -4.45. The maximum atomic E-state index is 12.9. The Balaban J connectivity index is 2.92. The molecule has 1 aromatic carbocycles. The average molecular weight is 271 g/mol. The van der Waals surface area contributed by atoms with Crippen molar-refractivity contribution in [2.45, 2.75) is 26.1 Å². The summed E-state index contributed by atoms with van der Waals surface area (Å²) in [6.45, 7) is 2.96. The van der Waals surface area contributed by atoms with Crippen LogP contribution in [0.15, 0.2) is 18.2 Å². The number of alkyl halides is 3. The molecule has 104 valence electrons. The number of hydrogen-bond acceptors (Lipinski definition) is 2. The van der Waals surface area contributed by atoms with Gasteiger partial charge in [0.2, 0.25) is 0 Å². The van der Waals surface area contributed by atoms with Crippen molar-refractivity contribution in [2.75, 3.05) is 13.2 Å². The normalized spacial score (nSPS) is 11.1. The molecule has 0 saturated heterocycles. The molecule has 2 nitrogen and oxygen atoms in total. The molecule has 0 spiro atoms. The highest BCUT2D eigenvalue weighted by Crippen LogP contribution is 2.36. The number of benzene rings is 1. The zero-order valence-electron chi connectivity index (χ0n) is 10.7. The van der Waals surface area contributed by atoms with Crippen LogP contribution in [0.25, 0.3) is 0 Å². The van der Waals surface area contributed by atoms with Gasteiger partial charge >= 0.3 is 6.18 Å². The molecule has 1 aromatic rings. The van der Waals surface area contributed by atoms with Gasteiger partial charge in [-0.1, -0.05) is 18.9 Å². The molecule has 0 aromatic heterocycles. The third kappa shape index (κ3) is 4.84. The van der Waals surface area contributed by atoms with E-state index < -0.39 is 11.7 Å². The molecule has 0 aliphatic heterocycles. The molecule has 1 rings (SSSR count). The van der Waals surface area contributed by atoms with Gasteiger partial charge in [0.05, 0.1) is 5.56 Å². The second kappa shape index (κ2) is 7.05. The van der Waals surface area contributed by atoms with Gasteiger partial charge in [0, 0.05) is 6.54 Å². The lowest BCUT2D eigenvalue weighted by Gasteiger charge is -2.14. The SMILES string of the molecule is C#CCOc1ccc(CNCCC)cc1C(F)(F)F. The Morgan fingerprint density at radius 3 is 2.68 bits per heavy atom. The first-order valence-corrected chi connectivity index (χ1v) is 5.96. The first-order valence-electron chi connectivity index (χ1n) is 5.96. The number of rotatable bonds is 6. The summed E-state index contributed by atoms with van der Waals surface area (Å²) < 4.78 is 43.6. The molecule has 0 amide bonds. The fourth-order valence-corrected chi connectivity index (χ4v) is 1.56. The van der Waals surface area contributed by atoms with E-state index in [-0.39, 0.29) is 12.4 Å². The van der Waals surface area contributed by atoms with Gasteiger partial charge in [0.15, 0.2) is 0 Å². The van der Waals surface area contributed by atoms with E-state index in [0.717, 1.165) is 19.0 Å². The Kier molecular flexibility index (Phi) is 5.71. The minimum absolute atomic E-state index is 0.184. The largest absolute Gasteiger partial charge is 0.480 e. The Morgan fingerprint density at radius 1 is 1.37 bits per heavy atom. The van der Waals surface area contributed by atoms with Crippen molar-refractivity contribution < 1.29 is 17.9 Å². The summed E-state index contributed by atoms with van der Waals surface area (Å²) >= 11 is 0. The third-order valence-electron chi connectivity index (χ3n) is 2.42. The summed E-state index contributed by atoms with van der Waals surface area (Å²) in [6.07, 6.45) is 1.45. The summed E-state index contributed by atoms with van der Waals surface area (Å²) in [4.78, 5) is 0. The molecule has 0 aliphatic rings. The van der Waals surface area contributed by atoms with Crippen LogP contribution >= 0.6 is 0 Å². The predicted octanol–water partition coefficient (Wildman–Crippen LogP) is 3.22. The van der Waals surface area contributed by atoms with Crippen molar-refractivity contribution in [1.29, 1.82) is 0 Å². The molecule has 0 bridgehead atoms. The third-order valence-corrected chi connectivity index (χ3v) is 2.42. The molecular formula is C14H16F3NO. The number of ether oxygens (including phenoxy) is 1. The van der Waals surface area contributed by atoms with Gasteiger partial charge < -0.3 is 10.1 Å². The highest BCUT2D eigenvalue weighted by atomic mass is 19.4. The fourth-order valence-electron chi connectivity index (χ4n) is 1.56. The molecule has 0 atom stereocenters. The average Bonchev–Trinajstić information content (AvgIpc) is 2.36. The monoisotopic (exact) mass is 271 g/mol. The van der Waals surface area contributed by atoms with E-state index in [4.69, 9.17) is 11.2 Å².